The van der Waals surface area contributed by atoms with E-state index in [0.29, 0.717) is 23.2 Å². The van der Waals surface area contributed by atoms with Gasteiger partial charge in [0.25, 0.3) is 0 Å². The molecule has 0 aromatic carbocycles. The number of aromatic amines is 1. The van der Waals surface area contributed by atoms with Crippen molar-refractivity contribution in [3.05, 3.63) is 48.0 Å². The third kappa shape index (κ3) is 4.30. The maximum absolute atomic E-state index is 12.1. The molecular weight excluding hydrogens is 348 g/mol. The number of H-pyrrole nitrogens is 1. The Hall–Kier alpha value is -3.23. The molecule has 0 spiro atoms. The molecule has 3 aromatic rings. The van der Waals surface area contributed by atoms with Crippen LogP contribution in [0, 0.1) is 6.92 Å². The van der Waals surface area contributed by atoms with Crippen LogP contribution in [0.3, 0.4) is 0 Å². The summed E-state index contributed by atoms with van der Waals surface area (Å²) in [6.45, 7) is 1.81. The van der Waals surface area contributed by atoms with Crippen molar-refractivity contribution in [1.82, 2.24) is 25.3 Å². The minimum absolute atomic E-state index is 0.122. The number of rotatable bonds is 6. The Morgan fingerprint density at radius 1 is 1.33 bits per heavy atom. The van der Waals surface area contributed by atoms with Crippen molar-refractivity contribution in [3.8, 4) is 5.75 Å². The Kier molecular flexibility index (Phi) is 4.82. The van der Waals surface area contributed by atoms with Gasteiger partial charge in [0, 0.05) is 23.7 Å². The number of ether oxygens (including phenoxy) is 1. The third-order valence-electron chi connectivity index (χ3n) is 4.54. The molecule has 1 fully saturated rings. The Morgan fingerprint density at radius 3 is 2.96 bits per heavy atom. The van der Waals surface area contributed by atoms with Gasteiger partial charge in [-0.2, -0.15) is 5.10 Å². The number of nitrogens with zero attached hydrogens (tertiary/aromatic N) is 4. The molecule has 0 radical (unpaired) electrons. The van der Waals surface area contributed by atoms with Crippen molar-refractivity contribution in [3.63, 3.8) is 0 Å². The highest BCUT2D eigenvalue weighted by Gasteiger charge is 2.29. The molecule has 4 rings (SSSR count). The molecule has 9 heteroatoms. The summed E-state index contributed by atoms with van der Waals surface area (Å²) >= 11 is 0. The number of amides is 1. The monoisotopic (exact) mass is 368 g/mol. The van der Waals surface area contributed by atoms with Gasteiger partial charge in [-0.15, -0.1) is 0 Å². The molecule has 9 nitrogen and oxygen atoms in total. The number of anilines is 1. The van der Waals surface area contributed by atoms with Crippen LogP contribution in [0.15, 0.2) is 35.4 Å². The number of carbonyl (C=O) groups is 1. The largest absolute Gasteiger partial charge is 0.487 e. The molecule has 1 saturated carbocycles. The van der Waals surface area contributed by atoms with Crippen LogP contribution < -0.4 is 10.1 Å². The predicted octanol–water partition coefficient (Wildman–Crippen LogP) is 2.39. The first kappa shape index (κ1) is 17.2. The first-order valence-electron chi connectivity index (χ1n) is 8.85. The zero-order valence-corrected chi connectivity index (χ0v) is 14.9. The number of aromatic nitrogens is 5. The molecule has 1 amide bonds. The lowest BCUT2D eigenvalue weighted by Gasteiger charge is -2.12. The number of carbonyl (C=O) groups excluding carboxylic acids is 1. The van der Waals surface area contributed by atoms with Gasteiger partial charge in [0.1, 0.15) is 12.1 Å². The van der Waals surface area contributed by atoms with Crippen LogP contribution in [0.4, 0.5) is 5.82 Å². The van der Waals surface area contributed by atoms with E-state index in [1.165, 1.54) is 6.33 Å². The van der Waals surface area contributed by atoms with Gasteiger partial charge in [-0.3, -0.25) is 9.89 Å². The average molecular weight is 368 g/mol. The van der Waals surface area contributed by atoms with E-state index < -0.39 is 0 Å². The van der Waals surface area contributed by atoms with Crippen LogP contribution in [0.25, 0.3) is 0 Å². The molecule has 140 valence electrons. The second-order valence-corrected chi connectivity index (χ2v) is 6.69. The SMILES string of the molecule is Cc1cc(CC(=O)Nc2cc([C@H]3CC[C@@H](Oc4cncnc4)C3)[nH]n2)on1. The zero-order valence-electron chi connectivity index (χ0n) is 14.9. The fourth-order valence-electron chi connectivity index (χ4n) is 3.32. The van der Waals surface area contributed by atoms with Crippen LogP contribution in [0.1, 0.15) is 42.3 Å². The van der Waals surface area contributed by atoms with Gasteiger partial charge in [-0.1, -0.05) is 5.16 Å². The van der Waals surface area contributed by atoms with E-state index in [2.05, 4.69) is 30.6 Å². The minimum Gasteiger partial charge on any atom is -0.487 e. The van der Waals surface area contributed by atoms with E-state index in [-0.39, 0.29) is 18.4 Å². The second kappa shape index (κ2) is 7.56. The van der Waals surface area contributed by atoms with Gasteiger partial charge in [0.05, 0.1) is 30.6 Å². The first-order valence-corrected chi connectivity index (χ1v) is 8.85. The molecule has 2 atom stereocenters. The summed E-state index contributed by atoms with van der Waals surface area (Å²) in [4.78, 5) is 20.0. The van der Waals surface area contributed by atoms with E-state index in [1.807, 2.05) is 13.0 Å². The van der Waals surface area contributed by atoms with Gasteiger partial charge in [-0.05, 0) is 26.2 Å². The van der Waals surface area contributed by atoms with Crippen molar-refractivity contribution >= 4 is 11.7 Å². The highest BCUT2D eigenvalue weighted by Crippen LogP contribution is 2.36. The third-order valence-corrected chi connectivity index (χ3v) is 4.54. The number of aryl methyl sites for hydroxylation is 1. The van der Waals surface area contributed by atoms with Crippen molar-refractivity contribution < 1.29 is 14.1 Å². The molecule has 0 saturated heterocycles. The van der Waals surface area contributed by atoms with E-state index in [0.717, 1.165) is 30.7 Å². The second-order valence-electron chi connectivity index (χ2n) is 6.69. The van der Waals surface area contributed by atoms with E-state index in [4.69, 9.17) is 9.26 Å². The Bertz CT molecular complexity index is 907. The van der Waals surface area contributed by atoms with Crippen molar-refractivity contribution in [2.75, 3.05) is 5.32 Å². The average Bonchev–Trinajstić information content (AvgIpc) is 3.38. The predicted molar refractivity (Wildman–Crippen MR) is 95.2 cm³/mol. The molecule has 27 heavy (non-hydrogen) atoms. The van der Waals surface area contributed by atoms with Gasteiger partial charge in [0.15, 0.2) is 11.6 Å². The van der Waals surface area contributed by atoms with Crippen LogP contribution >= 0.6 is 0 Å². The summed E-state index contributed by atoms with van der Waals surface area (Å²) < 4.78 is 11.0. The van der Waals surface area contributed by atoms with Gasteiger partial charge >= 0.3 is 0 Å². The summed E-state index contributed by atoms with van der Waals surface area (Å²) in [5.41, 5.74) is 1.75. The highest BCUT2D eigenvalue weighted by molar-refractivity contribution is 5.91. The van der Waals surface area contributed by atoms with Crippen molar-refractivity contribution in [2.24, 2.45) is 0 Å². The maximum Gasteiger partial charge on any atom is 0.233 e. The quantitative estimate of drug-likeness (QED) is 0.685. The molecule has 2 N–H and O–H groups in total. The number of hydrogen-bond donors (Lipinski definition) is 2. The van der Waals surface area contributed by atoms with E-state index >= 15 is 0 Å². The summed E-state index contributed by atoms with van der Waals surface area (Å²) in [7, 11) is 0. The highest BCUT2D eigenvalue weighted by atomic mass is 16.5. The zero-order chi connectivity index (χ0) is 18.6. The molecule has 0 aliphatic heterocycles. The standard InChI is InChI=1S/C18H20N6O3/c1-11-4-14(27-24-11)6-18(25)21-17-7-16(22-23-17)12-2-3-13(5-12)26-15-8-19-10-20-9-15/h4,7-10,12-13H,2-3,5-6H2,1H3,(H2,21,22,23,25)/t12-,13+/m0/s1. The summed E-state index contributed by atoms with van der Waals surface area (Å²) in [6, 6.07) is 3.62. The molecule has 1 aliphatic carbocycles. The fourth-order valence-corrected chi connectivity index (χ4v) is 3.32. The number of nitrogens with one attached hydrogen (secondary N) is 2. The topological polar surface area (TPSA) is 119 Å². The normalized spacial score (nSPS) is 19.1. The summed E-state index contributed by atoms with van der Waals surface area (Å²) in [5.74, 6) is 1.84. The molecular formula is C18H20N6O3. The van der Waals surface area contributed by atoms with Crippen LogP contribution in [0.2, 0.25) is 0 Å². The van der Waals surface area contributed by atoms with Crippen LogP contribution in [0.5, 0.6) is 5.75 Å². The number of hydrogen-bond acceptors (Lipinski definition) is 7. The van der Waals surface area contributed by atoms with Gasteiger partial charge in [0.2, 0.25) is 5.91 Å². The van der Waals surface area contributed by atoms with Gasteiger partial charge in [-0.25, -0.2) is 9.97 Å². The van der Waals surface area contributed by atoms with E-state index in [1.54, 1.807) is 18.5 Å². The van der Waals surface area contributed by atoms with Crippen LogP contribution in [-0.2, 0) is 11.2 Å². The maximum atomic E-state index is 12.1. The van der Waals surface area contributed by atoms with Gasteiger partial charge < -0.3 is 14.6 Å². The lowest BCUT2D eigenvalue weighted by Crippen LogP contribution is -2.14. The van der Waals surface area contributed by atoms with Crippen LogP contribution in [-0.4, -0.2) is 37.3 Å². The summed E-state index contributed by atoms with van der Waals surface area (Å²) in [5, 5.41) is 13.8. The smallest absolute Gasteiger partial charge is 0.233 e. The van der Waals surface area contributed by atoms with E-state index in [9.17, 15) is 4.79 Å². The fraction of sp³-hybridized carbons (Fsp3) is 0.389. The lowest BCUT2D eigenvalue weighted by atomic mass is 10.0. The van der Waals surface area contributed by atoms with Crippen molar-refractivity contribution in [2.45, 2.75) is 44.6 Å². The molecule has 3 aromatic heterocycles. The molecule has 1 aliphatic rings. The van der Waals surface area contributed by atoms with Crippen molar-refractivity contribution in [1.29, 1.82) is 0 Å². The molecule has 0 unspecified atom stereocenters. The minimum atomic E-state index is -0.194. The lowest BCUT2D eigenvalue weighted by molar-refractivity contribution is -0.115. The Balaban J connectivity index is 1.31. The molecule has 3 heterocycles. The first-order chi connectivity index (χ1) is 13.2. The Morgan fingerprint density at radius 2 is 2.19 bits per heavy atom. The summed E-state index contributed by atoms with van der Waals surface area (Å²) in [6.07, 6.45) is 7.88. The molecule has 0 bridgehead atoms. The Labute approximate surface area is 155 Å².